The van der Waals surface area contributed by atoms with Gasteiger partial charge in [-0.2, -0.15) is 0 Å². The molecule has 1 N–H and O–H groups in total. The van der Waals surface area contributed by atoms with Gasteiger partial charge in [-0.1, -0.05) is 37.8 Å². The largest absolute Gasteiger partial charge is 0.353 e. The third-order valence-corrected chi connectivity index (χ3v) is 8.00. The minimum absolute atomic E-state index is 0.100. The summed E-state index contributed by atoms with van der Waals surface area (Å²) < 4.78 is 2.43. The predicted molar refractivity (Wildman–Crippen MR) is 123 cm³/mol. The molecular formula is C26H37N3O. The number of aromatic nitrogens is 1. The zero-order valence-corrected chi connectivity index (χ0v) is 18.9. The Morgan fingerprint density at radius 2 is 1.90 bits per heavy atom. The molecule has 3 atom stereocenters. The number of hydrogen-bond donors (Lipinski definition) is 1. The predicted octanol–water partition coefficient (Wildman–Crippen LogP) is 5.02. The number of likely N-dealkylation sites (N-methyl/N-ethyl adjacent to an activating group) is 1. The second-order valence-electron chi connectivity index (χ2n) is 10.3. The lowest BCUT2D eigenvalue weighted by Gasteiger charge is -2.45. The molecule has 3 unspecified atom stereocenters. The van der Waals surface area contributed by atoms with E-state index in [-0.39, 0.29) is 5.92 Å². The standard InChI is InChI=1S/C26H37N3O/c1-17(2)29-16-18-14-24-22(21-11-8-12-23(29)25(18)21)13-19(15-28(24)3)26(30)27-20-9-6-4-5-7-10-20/h8,11-12,16-17,19-20,22,24H,4-7,9-10,13-15H2,1-3H3,(H,27,30). The molecule has 2 aliphatic carbocycles. The van der Waals surface area contributed by atoms with Crippen LogP contribution < -0.4 is 5.32 Å². The van der Waals surface area contributed by atoms with E-state index in [1.54, 1.807) is 0 Å². The number of fused-ring (bicyclic) bond motifs is 2. The molecule has 1 saturated carbocycles. The van der Waals surface area contributed by atoms with Crippen LogP contribution in [-0.2, 0) is 11.2 Å². The second kappa shape index (κ2) is 8.03. The van der Waals surface area contributed by atoms with Crippen LogP contribution in [0, 0.1) is 5.92 Å². The molecule has 5 rings (SSSR count). The van der Waals surface area contributed by atoms with E-state index in [1.165, 1.54) is 47.7 Å². The summed E-state index contributed by atoms with van der Waals surface area (Å²) in [6, 6.07) is 8.18. The molecule has 0 bridgehead atoms. The van der Waals surface area contributed by atoms with Gasteiger partial charge in [0.1, 0.15) is 0 Å². The molecule has 30 heavy (non-hydrogen) atoms. The summed E-state index contributed by atoms with van der Waals surface area (Å²) >= 11 is 0. The SMILES string of the molecule is CC(C)n1cc2c3c(cccc31)C1CC(C(=O)NC3CCCCCC3)CN(C)C1C2. The number of amides is 1. The Hall–Kier alpha value is -1.81. The van der Waals surface area contributed by atoms with Crippen molar-refractivity contribution in [1.82, 2.24) is 14.8 Å². The average Bonchev–Trinajstić information content (AvgIpc) is 2.91. The van der Waals surface area contributed by atoms with E-state index in [1.807, 2.05) is 0 Å². The molecule has 3 aliphatic rings. The van der Waals surface area contributed by atoms with Gasteiger partial charge in [0.25, 0.3) is 0 Å². The van der Waals surface area contributed by atoms with E-state index in [0.29, 0.717) is 30.0 Å². The molecule has 1 amide bonds. The van der Waals surface area contributed by atoms with Crippen LogP contribution in [0.2, 0.25) is 0 Å². The summed E-state index contributed by atoms with van der Waals surface area (Å²) in [5, 5.41) is 4.90. The van der Waals surface area contributed by atoms with Crippen molar-refractivity contribution in [1.29, 1.82) is 0 Å². The highest BCUT2D eigenvalue weighted by Gasteiger charge is 2.42. The van der Waals surface area contributed by atoms with Gasteiger partial charge in [-0.25, -0.2) is 0 Å². The van der Waals surface area contributed by atoms with Gasteiger partial charge >= 0.3 is 0 Å². The van der Waals surface area contributed by atoms with Crippen molar-refractivity contribution >= 4 is 16.8 Å². The summed E-state index contributed by atoms with van der Waals surface area (Å²) in [7, 11) is 2.23. The number of benzene rings is 1. The summed E-state index contributed by atoms with van der Waals surface area (Å²) in [5.41, 5.74) is 4.32. The van der Waals surface area contributed by atoms with Crippen molar-refractivity contribution in [3.8, 4) is 0 Å². The van der Waals surface area contributed by atoms with Gasteiger partial charge in [0.2, 0.25) is 5.91 Å². The van der Waals surface area contributed by atoms with Crippen LogP contribution in [0.5, 0.6) is 0 Å². The molecule has 1 aliphatic heterocycles. The first-order valence-electron chi connectivity index (χ1n) is 12.2. The number of hydrogen-bond acceptors (Lipinski definition) is 2. The summed E-state index contributed by atoms with van der Waals surface area (Å²) in [4.78, 5) is 15.7. The van der Waals surface area contributed by atoms with E-state index >= 15 is 0 Å². The van der Waals surface area contributed by atoms with Crippen molar-refractivity contribution in [2.45, 2.75) is 89.3 Å². The first kappa shape index (κ1) is 20.1. The van der Waals surface area contributed by atoms with Gasteiger partial charge in [-0.15, -0.1) is 0 Å². The fraction of sp³-hybridized carbons (Fsp3) is 0.654. The van der Waals surface area contributed by atoms with Gasteiger partial charge < -0.3 is 14.8 Å². The molecule has 4 heteroatoms. The molecule has 1 saturated heterocycles. The Morgan fingerprint density at radius 1 is 1.13 bits per heavy atom. The Morgan fingerprint density at radius 3 is 2.63 bits per heavy atom. The van der Waals surface area contributed by atoms with Crippen LogP contribution >= 0.6 is 0 Å². The molecule has 162 valence electrons. The highest BCUT2D eigenvalue weighted by atomic mass is 16.2. The lowest BCUT2D eigenvalue weighted by molar-refractivity contribution is -0.128. The van der Waals surface area contributed by atoms with Crippen LogP contribution in [0.1, 0.15) is 81.9 Å². The number of rotatable bonds is 3. The Kier molecular flexibility index (Phi) is 5.38. The molecule has 2 fully saturated rings. The minimum Gasteiger partial charge on any atom is -0.353 e. The van der Waals surface area contributed by atoms with Gasteiger partial charge in [-0.05, 0) is 63.8 Å². The summed E-state index contributed by atoms with van der Waals surface area (Å²) in [6.07, 6.45) is 12.0. The fourth-order valence-electron chi connectivity index (χ4n) is 6.43. The van der Waals surface area contributed by atoms with Gasteiger partial charge in [0.15, 0.2) is 0 Å². The zero-order chi connectivity index (χ0) is 20.8. The molecular weight excluding hydrogens is 370 g/mol. The number of carbonyl (C=O) groups excluding carboxylic acids is 1. The second-order valence-corrected chi connectivity index (χ2v) is 10.3. The van der Waals surface area contributed by atoms with Crippen molar-refractivity contribution < 1.29 is 4.79 Å². The van der Waals surface area contributed by atoms with Crippen molar-refractivity contribution in [3.05, 3.63) is 35.5 Å². The molecule has 1 aromatic heterocycles. The topological polar surface area (TPSA) is 37.3 Å². The zero-order valence-electron chi connectivity index (χ0n) is 18.9. The first-order valence-corrected chi connectivity index (χ1v) is 12.2. The lowest BCUT2D eigenvalue weighted by atomic mass is 9.72. The maximum absolute atomic E-state index is 13.2. The van der Waals surface area contributed by atoms with Crippen molar-refractivity contribution in [2.24, 2.45) is 5.92 Å². The Balaban J connectivity index is 1.41. The number of nitrogens with zero attached hydrogens (tertiary/aromatic N) is 2. The maximum Gasteiger partial charge on any atom is 0.224 e. The first-order chi connectivity index (χ1) is 14.5. The van der Waals surface area contributed by atoms with E-state index < -0.39 is 0 Å². The van der Waals surface area contributed by atoms with E-state index in [4.69, 9.17) is 0 Å². The molecule has 4 nitrogen and oxygen atoms in total. The highest BCUT2D eigenvalue weighted by molar-refractivity contribution is 5.89. The van der Waals surface area contributed by atoms with Crippen molar-refractivity contribution in [3.63, 3.8) is 0 Å². The Bertz CT molecular complexity index is 922. The number of piperidine rings is 1. The highest BCUT2D eigenvalue weighted by Crippen LogP contribution is 2.45. The molecule has 2 aromatic rings. The van der Waals surface area contributed by atoms with E-state index in [0.717, 1.165) is 32.2 Å². The van der Waals surface area contributed by atoms with Crippen LogP contribution in [-0.4, -0.2) is 41.1 Å². The number of carbonyl (C=O) groups is 1. The van der Waals surface area contributed by atoms with Gasteiger partial charge in [0, 0.05) is 47.7 Å². The van der Waals surface area contributed by atoms with Gasteiger partial charge in [0.05, 0.1) is 5.92 Å². The van der Waals surface area contributed by atoms with E-state index in [9.17, 15) is 4.79 Å². The molecule has 1 aromatic carbocycles. The molecule has 2 heterocycles. The van der Waals surface area contributed by atoms with E-state index in [2.05, 4.69) is 60.1 Å². The fourth-order valence-corrected chi connectivity index (χ4v) is 6.43. The third-order valence-electron chi connectivity index (χ3n) is 8.00. The van der Waals surface area contributed by atoms with Crippen LogP contribution in [0.15, 0.2) is 24.4 Å². The number of likely N-dealkylation sites (tertiary alicyclic amines) is 1. The van der Waals surface area contributed by atoms with Crippen molar-refractivity contribution in [2.75, 3.05) is 13.6 Å². The average molecular weight is 408 g/mol. The van der Waals surface area contributed by atoms with Crippen LogP contribution in [0.3, 0.4) is 0 Å². The van der Waals surface area contributed by atoms with Gasteiger partial charge in [-0.3, -0.25) is 4.79 Å². The van der Waals surface area contributed by atoms with Crippen LogP contribution in [0.25, 0.3) is 10.9 Å². The third kappa shape index (κ3) is 3.47. The molecule has 0 spiro atoms. The number of nitrogens with one attached hydrogen (secondary N) is 1. The lowest BCUT2D eigenvalue weighted by Crippen LogP contribution is -2.52. The summed E-state index contributed by atoms with van der Waals surface area (Å²) in [5.74, 6) is 0.848. The maximum atomic E-state index is 13.2. The quantitative estimate of drug-likeness (QED) is 0.725. The smallest absolute Gasteiger partial charge is 0.224 e. The Labute approximate surface area is 181 Å². The molecule has 0 radical (unpaired) electrons. The van der Waals surface area contributed by atoms with Crippen LogP contribution in [0.4, 0.5) is 0 Å². The monoisotopic (exact) mass is 407 g/mol. The normalized spacial score (nSPS) is 27.8. The summed E-state index contributed by atoms with van der Waals surface area (Å²) in [6.45, 7) is 5.41. The minimum atomic E-state index is 0.100.